The van der Waals surface area contributed by atoms with Crippen molar-refractivity contribution in [2.24, 2.45) is 5.92 Å². The maximum absolute atomic E-state index is 9.12. The summed E-state index contributed by atoms with van der Waals surface area (Å²) in [7, 11) is 0. The molecule has 1 N–H and O–H groups in total. The van der Waals surface area contributed by atoms with Gasteiger partial charge in [-0.15, -0.1) is 0 Å². The molecule has 0 radical (unpaired) electrons. The molecule has 1 aromatic carbocycles. The quantitative estimate of drug-likeness (QED) is 0.869. The number of benzene rings is 1. The van der Waals surface area contributed by atoms with Gasteiger partial charge in [-0.25, -0.2) is 0 Å². The molecule has 1 saturated carbocycles. The highest BCUT2D eigenvalue weighted by molar-refractivity contribution is 6.31. The van der Waals surface area contributed by atoms with Crippen molar-refractivity contribution in [3.8, 4) is 6.07 Å². The second-order valence-electron chi connectivity index (χ2n) is 4.42. The van der Waals surface area contributed by atoms with Crippen molar-refractivity contribution in [1.82, 2.24) is 5.32 Å². The molecule has 1 unspecified atom stereocenters. The highest BCUT2D eigenvalue weighted by atomic mass is 35.5. The molecule has 1 atom stereocenters. The van der Waals surface area contributed by atoms with E-state index in [-0.39, 0.29) is 6.04 Å². The van der Waals surface area contributed by atoms with Gasteiger partial charge in [0.1, 0.15) is 6.04 Å². The van der Waals surface area contributed by atoms with Crippen molar-refractivity contribution in [2.45, 2.75) is 25.8 Å². The maximum atomic E-state index is 9.12. The van der Waals surface area contributed by atoms with Crippen LogP contribution in [0.2, 0.25) is 5.02 Å². The number of nitrogens with one attached hydrogen (secondary N) is 1. The molecule has 0 heterocycles. The fourth-order valence-corrected chi connectivity index (χ4v) is 1.82. The lowest BCUT2D eigenvalue weighted by molar-refractivity contribution is 0.593. The van der Waals surface area contributed by atoms with Crippen LogP contribution in [0.15, 0.2) is 18.2 Å². The van der Waals surface area contributed by atoms with E-state index in [1.54, 1.807) is 0 Å². The van der Waals surface area contributed by atoms with Crippen LogP contribution in [-0.2, 0) is 0 Å². The topological polar surface area (TPSA) is 35.8 Å². The maximum Gasteiger partial charge on any atom is 0.121 e. The number of hydrogen-bond donors (Lipinski definition) is 1. The first-order valence-corrected chi connectivity index (χ1v) is 5.97. The molecule has 0 aliphatic heterocycles. The van der Waals surface area contributed by atoms with Gasteiger partial charge in [0.05, 0.1) is 6.07 Å². The van der Waals surface area contributed by atoms with Crippen molar-refractivity contribution in [3.63, 3.8) is 0 Å². The molecule has 2 rings (SSSR count). The van der Waals surface area contributed by atoms with E-state index >= 15 is 0 Å². The Kier molecular flexibility index (Phi) is 3.48. The van der Waals surface area contributed by atoms with Crippen molar-refractivity contribution in [2.75, 3.05) is 6.54 Å². The zero-order valence-electron chi connectivity index (χ0n) is 9.33. The van der Waals surface area contributed by atoms with Gasteiger partial charge in [0.2, 0.25) is 0 Å². The minimum atomic E-state index is -0.237. The number of halogens is 1. The lowest BCUT2D eigenvalue weighted by Gasteiger charge is -2.12. The summed E-state index contributed by atoms with van der Waals surface area (Å²) in [5.41, 5.74) is 2.00. The Morgan fingerprint density at radius 3 is 2.88 bits per heavy atom. The predicted octanol–water partition coefficient (Wildman–Crippen LogP) is 3.21. The molecule has 0 amide bonds. The van der Waals surface area contributed by atoms with Crippen LogP contribution in [0.1, 0.15) is 30.0 Å². The van der Waals surface area contributed by atoms with Gasteiger partial charge in [0.25, 0.3) is 0 Å². The van der Waals surface area contributed by atoms with E-state index in [4.69, 9.17) is 16.9 Å². The number of hydrogen-bond acceptors (Lipinski definition) is 2. The normalized spacial score (nSPS) is 16.8. The average molecular weight is 235 g/mol. The Morgan fingerprint density at radius 2 is 2.31 bits per heavy atom. The predicted molar refractivity (Wildman–Crippen MR) is 65.3 cm³/mol. The molecule has 0 spiro atoms. The third-order valence-electron chi connectivity index (χ3n) is 2.97. The lowest BCUT2D eigenvalue weighted by atomic mass is 10.1. The monoisotopic (exact) mass is 234 g/mol. The summed E-state index contributed by atoms with van der Waals surface area (Å²) < 4.78 is 0. The smallest absolute Gasteiger partial charge is 0.121 e. The number of nitriles is 1. The van der Waals surface area contributed by atoms with Gasteiger partial charge in [-0.05, 0) is 49.4 Å². The minimum Gasteiger partial charge on any atom is -0.298 e. The molecule has 1 aliphatic carbocycles. The lowest BCUT2D eigenvalue weighted by Crippen LogP contribution is -2.22. The first kappa shape index (κ1) is 11.4. The molecule has 0 bridgehead atoms. The molecule has 1 aromatic rings. The summed E-state index contributed by atoms with van der Waals surface area (Å²) in [6, 6.07) is 7.85. The average Bonchev–Trinajstić information content (AvgIpc) is 3.08. The standard InChI is InChI=1S/C13H15ClN2/c1-9-2-5-11(6-12(9)14)13(7-15)16-8-10-3-4-10/h2,5-6,10,13,16H,3-4,8H2,1H3. The van der Waals surface area contributed by atoms with E-state index in [0.29, 0.717) is 0 Å². The molecule has 2 nitrogen and oxygen atoms in total. The van der Waals surface area contributed by atoms with Crippen LogP contribution < -0.4 is 5.32 Å². The number of aryl methyl sites for hydroxylation is 1. The summed E-state index contributed by atoms with van der Waals surface area (Å²) in [5, 5.41) is 13.1. The molecule has 84 valence electrons. The van der Waals surface area contributed by atoms with Crippen LogP contribution in [0.3, 0.4) is 0 Å². The van der Waals surface area contributed by atoms with E-state index in [2.05, 4.69) is 11.4 Å². The molecule has 1 fully saturated rings. The second-order valence-corrected chi connectivity index (χ2v) is 4.83. The molecule has 1 aliphatic rings. The highest BCUT2D eigenvalue weighted by Gasteiger charge is 2.22. The summed E-state index contributed by atoms with van der Waals surface area (Å²) in [5.74, 6) is 0.775. The van der Waals surface area contributed by atoms with Gasteiger partial charge in [-0.2, -0.15) is 5.26 Å². The molecular formula is C13H15ClN2. The van der Waals surface area contributed by atoms with Gasteiger partial charge >= 0.3 is 0 Å². The van der Waals surface area contributed by atoms with Crippen molar-refractivity contribution in [1.29, 1.82) is 5.26 Å². The van der Waals surface area contributed by atoms with E-state index in [9.17, 15) is 0 Å². The first-order valence-electron chi connectivity index (χ1n) is 5.59. The molecule has 0 aromatic heterocycles. The second kappa shape index (κ2) is 4.86. The van der Waals surface area contributed by atoms with Crippen molar-refractivity contribution >= 4 is 11.6 Å². The van der Waals surface area contributed by atoms with Gasteiger partial charge in [0, 0.05) is 5.02 Å². The van der Waals surface area contributed by atoms with Crippen molar-refractivity contribution < 1.29 is 0 Å². The summed E-state index contributed by atoms with van der Waals surface area (Å²) in [6.07, 6.45) is 2.58. The minimum absolute atomic E-state index is 0.237. The molecule has 3 heteroatoms. The van der Waals surface area contributed by atoms with Crippen LogP contribution in [0, 0.1) is 24.2 Å². The van der Waals surface area contributed by atoms with E-state index in [1.807, 2.05) is 25.1 Å². The Bertz CT molecular complexity index is 418. The highest BCUT2D eigenvalue weighted by Crippen LogP contribution is 2.29. The summed E-state index contributed by atoms with van der Waals surface area (Å²) >= 11 is 6.05. The van der Waals surface area contributed by atoms with Gasteiger partial charge < -0.3 is 0 Å². The Morgan fingerprint density at radius 1 is 1.56 bits per heavy atom. The summed E-state index contributed by atoms with van der Waals surface area (Å²) in [6.45, 7) is 2.90. The SMILES string of the molecule is Cc1ccc(C(C#N)NCC2CC2)cc1Cl. The largest absolute Gasteiger partial charge is 0.298 e. The Hall–Kier alpha value is -1.04. The van der Waals surface area contributed by atoms with Gasteiger partial charge in [-0.3, -0.25) is 5.32 Å². The van der Waals surface area contributed by atoms with E-state index in [0.717, 1.165) is 28.6 Å². The van der Waals surface area contributed by atoms with Crippen LogP contribution in [0.25, 0.3) is 0 Å². The van der Waals surface area contributed by atoms with Gasteiger partial charge in [-0.1, -0.05) is 23.7 Å². The van der Waals surface area contributed by atoms with Crippen LogP contribution >= 0.6 is 11.6 Å². The zero-order valence-corrected chi connectivity index (χ0v) is 10.1. The molecule has 0 saturated heterocycles. The third kappa shape index (κ3) is 2.75. The fraction of sp³-hybridized carbons (Fsp3) is 0.462. The van der Waals surface area contributed by atoms with Crippen LogP contribution in [0.4, 0.5) is 0 Å². The van der Waals surface area contributed by atoms with E-state index in [1.165, 1.54) is 12.8 Å². The van der Waals surface area contributed by atoms with Crippen LogP contribution in [0.5, 0.6) is 0 Å². The third-order valence-corrected chi connectivity index (χ3v) is 3.37. The first-order chi connectivity index (χ1) is 7.70. The summed E-state index contributed by atoms with van der Waals surface area (Å²) in [4.78, 5) is 0. The van der Waals surface area contributed by atoms with Crippen molar-refractivity contribution in [3.05, 3.63) is 34.3 Å². The number of rotatable bonds is 4. The van der Waals surface area contributed by atoms with Gasteiger partial charge in [0.15, 0.2) is 0 Å². The number of nitrogens with zero attached hydrogens (tertiary/aromatic N) is 1. The molecule has 16 heavy (non-hydrogen) atoms. The van der Waals surface area contributed by atoms with E-state index < -0.39 is 0 Å². The Balaban J connectivity index is 2.06. The zero-order chi connectivity index (χ0) is 11.5. The van der Waals surface area contributed by atoms with Crippen LogP contribution in [-0.4, -0.2) is 6.54 Å². The Labute approximate surface area is 101 Å². The fourth-order valence-electron chi connectivity index (χ4n) is 1.63. The molecular weight excluding hydrogens is 220 g/mol.